The first-order valence-electron chi connectivity index (χ1n) is 5.36. The molecule has 0 aromatic carbocycles. The van der Waals surface area contributed by atoms with E-state index in [1.807, 2.05) is 14.1 Å². The number of anilines is 2. The highest BCUT2D eigenvalue weighted by atomic mass is 16.5. The zero-order valence-electron chi connectivity index (χ0n) is 9.94. The summed E-state index contributed by atoms with van der Waals surface area (Å²) >= 11 is 0. The van der Waals surface area contributed by atoms with Crippen molar-refractivity contribution < 1.29 is 4.74 Å². The van der Waals surface area contributed by atoms with Crippen molar-refractivity contribution in [3.63, 3.8) is 0 Å². The molecule has 0 unspecified atom stereocenters. The fraction of sp³-hybridized carbons (Fsp3) is 0.545. The smallest absolute Gasteiger partial charge is 0.128 e. The lowest BCUT2D eigenvalue weighted by Crippen LogP contribution is -2.20. The largest absolute Gasteiger partial charge is 0.399 e. The quantitative estimate of drug-likeness (QED) is 0.666. The van der Waals surface area contributed by atoms with Crippen molar-refractivity contribution in [2.24, 2.45) is 0 Å². The van der Waals surface area contributed by atoms with Gasteiger partial charge in [0, 0.05) is 31.0 Å². The lowest BCUT2D eigenvalue weighted by atomic mass is 10.4. The van der Waals surface area contributed by atoms with E-state index in [2.05, 4.69) is 15.2 Å². The summed E-state index contributed by atoms with van der Waals surface area (Å²) in [5.41, 5.74) is 6.34. The lowest BCUT2D eigenvalue weighted by Gasteiger charge is -2.10. The second kappa shape index (κ2) is 7.03. The minimum absolute atomic E-state index is 0.671. The van der Waals surface area contributed by atoms with E-state index < -0.39 is 0 Å². The van der Waals surface area contributed by atoms with Crippen LogP contribution in [0.25, 0.3) is 0 Å². The molecule has 1 heterocycles. The van der Waals surface area contributed by atoms with Gasteiger partial charge in [-0.15, -0.1) is 0 Å². The number of nitrogens with two attached hydrogens (primary N) is 1. The van der Waals surface area contributed by atoms with Crippen molar-refractivity contribution in [1.29, 1.82) is 0 Å². The molecule has 0 aliphatic rings. The van der Waals surface area contributed by atoms with Crippen LogP contribution >= 0.6 is 0 Å². The summed E-state index contributed by atoms with van der Waals surface area (Å²) < 4.78 is 5.43. The molecule has 0 fully saturated rings. The number of nitrogens with zero attached hydrogens (tertiary/aromatic N) is 2. The van der Waals surface area contributed by atoms with Gasteiger partial charge >= 0.3 is 0 Å². The van der Waals surface area contributed by atoms with E-state index in [1.54, 1.807) is 18.3 Å². The van der Waals surface area contributed by atoms with Gasteiger partial charge in [0.15, 0.2) is 0 Å². The lowest BCUT2D eigenvalue weighted by molar-refractivity contribution is 0.126. The molecule has 1 aromatic heterocycles. The van der Waals surface area contributed by atoms with E-state index >= 15 is 0 Å². The molecule has 1 aromatic rings. The standard InChI is InChI=1S/C11H20N4O/c1-15(2)6-8-16-7-5-14-11-9-10(12)3-4-13-11/h3-4,9H,5-8H2,1-2H3,(H3,12,13,14). The number of nitrogen functional groups attached to an aromatic ring is 1. The molecule has 0 aliphatic heterocycles. The van der Waals surface area contributed by atoms with Gasteiger partial charge in [-0.2, -0.15) is 0 Å². The fourth-order valence-corrected chi connectivity index (χ4v) is 1.14. The maximum absolute atomic E-state index is 5.63. The zero-order valence-corrected chi connectivity index (χ0v) is 9.94. The first kappa shape index (κ1) is 12.7. The minimum atomic E-state index is 0.671. The molecule has 5 nitrogen and oxygen atoms in total. The SMILES string of the molecule is CN(C)CCOCCNc1cc(N)ccn1. The van der Waals surface area contributed by atoms with Crippen LogP contribution in [0.4, 0.5) is 11.5 Å². The normalized spacial score (nSPS) is 10.7. The summed E-state index contributed by atoms with van der Waals surface area (Å²) in [6.45, 7) is 3.10. The zero-order chi connectivity index (χ0) is 11.8. The summed E-state index contributed by atoms with van der Waals surface area (Å²) in [6, 6.07) is 3.57. The Morgan fingerprint density at radius 2 is 2.25 bits per heavy atom. The summed E-state index contributed by atoms with van der Waals surface area (Å²) in [4.78, 5) is 6.22. The number of pyridine rings is 1. The molecule has 0 spiro atoms. The highest BCUT2D eigenvalue weighted by molar-refractivity contribution is 5.48. The molecule has 0 saturated carbocycles. The average molecular weight is 224 g/mol. The van der Waals surface area contributed by atoms with Gasteiger partial charge in [0.05, 0.1) is 13.2 Å². The van der Waals surface area contributed by atoms with Crippen LogP contribution in [0.5, 0.6) is 0 Å². The molecule has 0 atom stereocenters. The van der Waals surface area contributed by atoms with E-state index in [0.29, 0.717) is 12.3 Å². The number of likely N-dealkylation sites (N-methyl/N-ethyl adjacent to an activating group) is 1. The number of hydrogen-bond donors (Lipinski definition) is 2. The Hall–Kier alpha value is -1.33. The highest BCUT2D eigenvalue weighted by Crippen LogP contribution is 2.06. The van der Waals surface area contributed by atoms with Gasteiger partial charge in [-0.1, -0.05) is 0 Å². The van der Waals surface area contributed by atoms with Gasteiger partial charge in [0.2, 0.25) is 0 Å². The van der Waals surface area contributed by atoms with Crippen molar-refractivity contribution in [3.8, 4) is 0 Å². The maximum atomic E-state index is 5.63. The van der Waals surface area contributed by atoms with Gasteiger partial charge in [-0.3, -0.25) is 0 Å². The predicted molar refractivity (Wildman–Crippen MR) is 66.5 cm³/mol. The van der Waals surface area contributed by atoms with E-state index in [9.17, 15) is 0 Å². The topological polar surface area (TPSA) is 63.4 Å². The highest BCUT2D eigenvalue weighted by Gasteiger charge is 1.94. The maximum Gasteiger partial charge on any atom is 0.128 e. The van der Waals surface area contributed by atoms with Crippen LogP contribution in [-0.2, 0) is 4.74 Å². The van der Waals surface area contributed by atoms with Crippen molar-refractivity contribution >= 4 is 11.5 Å². The molecule has 0 aliphatic carbocycles. The third-order valence-electron chi connectivity index (χ3n) is 2.02. The van der Waals surface area contributed by atoms with Crippen LogP contribution < -0.4 is 11.1 Å². The van der Waals surface area contributed by atoms with Crippen LogP contribution in [-0.4, -0.2) is 50.3 Å². The summed E-state index contributed by atoms with van der Waals surface area (Å²) in [6.07, 6.45) is 1.69. The van der Waals surface area contributed by atoms with Crippen LogP contribution in [0.3, 0.4) is 0 Å². The number of ether oxygens (including phenoxy) is 1. The molecular weight excluding hydrogens is 204 g/mol. The summed E-state index contributed by atoms with van der Waals surface area (Å²) in [5.74, 6) is 0.788. The second-order valence-electron chi connectivity index (χ2n) is 3.82. The van der Waals surface area contributed by atoms with Crippen LogP contribution in [0.1, 0.15) is 0 Å². The third-order valence-corrected chi connectivity index (χ3v) is 2.02. The number of nitrogens with one attached hydrogen (secondary N) is 1. The molecular formula is C11H20N4O. The Labute approximate surface area is 96.6 Å². The Balaban J connectivity index is 2.07. The van der Waals surface area contributed by atoms with Gasteiger partial charge in [0.1, 0.15) is 5.82 Å². The van der Waals surface area contributed by atoms with Crippen molar-refractivity contribution in [3.05, 3.63) is 18.3 Å². The Morgan fingerprint density at radius 3 is 2.94 bits per heavy atom. The number of hydrogen-bond acceptors (Lipinski definition) is 5. The van der Waals surface area contributed by atoms with Crippen molar-refractivity contribution in [1.82, 2.24) is 9.88 Å². The van der Waals surface area contributed by atoms with Gasteiger partial charge in [-0.25, -0.2) is 4.98 Å². The van der Waals surface area contributed by atoms with Gasteiger partial charge in [0.25, 0.3) is 0 Å². The Kier molecular flexibility index (Phi) is 5.60. The molecule has 1 rings (SSSR count). The molecule has 16 heavy (non-hydrogen) atoms. The minimum Gasteiger partial charge on any atom is -0.399 e. The summed E-state index contributed by atoms with van der Waals surface area (Å²) in [7, 11) is 4.05. The fourth-order valence-electron chi connectivity index (χ4n) is 1.14. The molecule has 3 N–H and O–H groups in total. The predicted octanol–water partition coefficient (Wildman–Crippen LogP) is 0.654. The first-order chi connectivity index (χ1) is 7.68. The number of rotatable bonds is 7. The monoisotopic (exact) mass is 224 g/mol. The number of aromatic nitrogens is 1. The Bertz CT molecular complexity index is 304. The Morgan fingerprint density at radius 1 is 1.44 bits per heavy atom. The summed E-state index contributed by atoms with van der Waals surface area (Å²) in [5, 5.41) is 3.14. The molecule has 90 valence electrons. The van der Waals surface area contributed by atoms with Crippen LogP contribution in [0.15, 0.2) is 18.3 Å². The first-order valence-corrected chi connectivity index (χ1v) is 5.36. The molecule has 0 radical (unpaired) electrons. The van der Waals surface area contributed by atoms with Gasteiger partial charge < -0.3 is 20.7 Å². The third kappa shape index (κ3) is 5.53. The van der Waals surface area contributed by atoms with E-state index in [1.165, 1.54) is 0 Å². The van der Waals surface area contributed by atoms with Gasteiger partial charge in [-0.05, 0) is 20.2 Å². The molecule has 0 saturated heterocycles. The average Bonchev–Trinajstić information content (AvgIpc) is 2.23. The second-order valence-corrected chi connectivity index (χ2v) is 3.82. The van der Waals surface area contributed by atoms with Crippen LogP contribution in [0, 0.1) is 0 Å². The van der Waals surface area contributed by atoms with Crippen molar-refractivity contribution in [2.75, 3.05) is 51.4 Å². The van der Waals surface area contributed by atoms with E-state index in [0.717, 1.165) is 25.5 Å². The molecule has 0 amide bonds. The van der Waals surface area contributed by atoms with Crippen molar-refractivity contribution in [2.45, 2.75) is 0 Å². The van der Waals surface area contributed by atoms with E-state index in [4.69, 9.17) is 10.5 Å². The van der Waals surface area contributed by atoms with Crippen LogP contribution in [0.2, 0.25) is 0 Å². The molecule has 0 bridgehead atoms. The van der Waals surface area contributed by atoms with E-state index in [-0.39, 0.29) is 0 Å². The molecule has 5 heteroatoms.